The minimum absolute atomic E-state index is 0.178. The fourth-order valence-corrected chi connectivity index (χ4v) is 0.581. The predicted octanol–water partition coefficient (Wildman–Crippen LogP) is 1.62. The number of nitrogens with zero attached hydrogens (tertiary/aromatic N) is 2. The van der Waals surface area contributed by atoms with Crippen LogP contribution >= 0.6 is 0 Å². The van der Waals surface area contributed by atoms with Gasteiger partial charge in [-0.05, 0) is 0 Å². The van der Waals surface area contributed by atoms with Gasteiger partial charge in [-0.2, -0.15) is 13.2 Å². The minimum atomic E-state index is -4.42. The lowest BCUT2D eigenvalue weighted by Crippen LogP contribution is -2.08. The van der Waals surface area contributed by atoms with Crippen LogP contribution in [0.2, 0.25) is 0 Å². The van der Waals surface area contributed by atoms with E-state index >= 15 is 0 Å². The van der Waals surface area contributed by atoms with Gasteiger partial charge in [-0.15, -0.1) is 0 Å². The molecule has 1 rings (SSSR count). The molecule has 0 bridgehead atoms. The fourth-order valence-electron chi connectivity index (χ4n) is 0.581. The molecule has 1 aliphatic heterocycles. The SMILES string of the molecule is CCC1=NC(C(F)(F)F)=[C][N]1. The highest BCUT2D eigenvalue weighted by Crippen LogP contribution is 2.27. The lowest BCUT2D eigenvalue weighted by atomic mass is 10.4. The zero-order valence-corrected chi connectivity index (χ0v) is 5.74. The quantitative estimate of drug-likeness (QED) is 0.560. The lowest BCUT2D eigenvalue weighted by molar-refractivity contribution is -0.0926. The van der Waals surface area contributed by atoms with Gasteiger partial charge in [-0.3, -0.25) is 0 Å². The molecule has 0 aromatic rings. The van der Waals surface area contributed by atoms with Crippen LogP contribution in [-0.4, -0.2) is 12.0 Å². The highest BCUT2D eigenvalue weighted by atomic mass is 19.4. The van der Waals surface area contributed by atoms with Gasteiger partial charge in [0, 0.05) is 6.42 Å². The Balaban J connectivity index is 2.72. The van der Waals surface area contributed by atoms with Crippen molar-refractivity contribution in [2.75, 3.05) is 0 Å². The van der Waals surface area contributed by atoms with Crippen molar-refractivity contribution in [2.24, 2.45) is 4.99 Å². The third-order valence-corrected chi connectivity index (χ3v) is 1.12. The van der Waals surface area contributed by atoms with Gasteiger partial charge in [-0.1, -0.05) is 6.92 Å². The molecule has 11 heavy (non-hydrogen) atoms. The first-order chi connectivity index (χ1) is 5.04. The molecule has 0 aliphatic carbocycles. The highest BCUT2D eigenvalue weighted by Gasteiger charge is 2.36. The summed E-state index contributed by atoms with van der Waals surface area (Å²) in [6.07, 6.45) is -2.21. The standard InChI is InChI=1S/C6H5F3N2/c1-2-5-10-3-4(11-5)6(7,8)9/h2H2,1H3. The normalized spacial score (nSPS) is 17.5. The van der Waals surface area contributed by atoms with Crippen LogP contribution in [0.3, 0.4) is 0 Å². The number of hydrogen-bond acceptors (Lipinski definition) is 1. The summed E-state index contributed by atoms with van der Waals surface area (Å²) in [7, 11) is 0. The number of rotatable bonds is 1. The van der Waals surface area contributed by atoms with E-state index in [0.29, 0.717) is 6.42 Å². The summed E-state index contributed by atoms with van der Waals surface area (Å²) >= 11 is 0. The maximum absolute atomic E-state index is 11.8. The average Bonchev–Trinajstić information content (AvgIpc) is 2.32. The second-order valence-electron chi connectivity index (χ2n) is 1.95. The summed E-state index contributed by atoms with van der Waals surface area (Å²) in [6.45, 7) is 1.68. The predicted molar refractivity (Wildman–Crippen MR) is 32.7 cm³/mol. The molecule has 0 unspecified atom stereocenters. The van der Waals surface area contributed by atoms with Crippen LogP contribution in [0.1, 0.15) is 13.3 Å². The minimum Gasteiger partial charge on any atom is -0.229 e. The van der Waals surface area contributed by atoms with Crippen LogP contribution in [-0.2, 0) is 0 Å². The van der Waals surface area contributed by atoms with Crippen LogP contribution in [0.25, 0.3) is 0 Å². The zero-order valence-electron chi connectivity index (χ0n) is 5.74. The van der Waals surface area contributed by atoms with E-state index in [1.807, 2.05) is 6.20 Å². The molecule has 1 aliphatic rings. The maximum atomic E-state index is 11.8. The Morgan fingerprint density at radius 1 is 1.45 bits per heavy atom. The number of alkyl halides is 3. The molecular formula is C6H5F3N2. The Kier molecular flexibility index (Phi) is 1.89. The second-order valence-corrected chi connectivity index (χ2v) is 1.95. The molecule has 1 heterocycles. The van der Waals surface area contributed by atoms with E-state index in [0.717, 1.165) is 0 Å². The first-order valence-corrected chi connectivity index (χ1v) is 3.02. The van der Waals surface area contributed by atoms with Crippen molar-refractivity contribution in [1.29, 1.82) is 0 Å². The topological polar surface area (TPSA) is 26.5 Å². The lowest BCUT2D eigenvalue weighted by Gasteiger charge is -2.00. The number of allylic oxidation sites excluding steroid dienone is 1. The Labute approximate surface area is 61.8 Å². The van der Waals surface area contributed by atoms with E-state index in [-0.39, 0.29) is 5.84 Å². The van der Waals surface area contributed by atoms with E-state index in [9.17, 15) is 13.2 Å². The highest BCUT2D eigenvalue weighted by molar-refractivity contribution is 5.84. The van der Waals surface area contributed by atoms with Crippen molar-refractivity contribution in [3.63, 3.8) is 0 Å². The van der Waals surface area contributed by atoms with Gasteiger partial charge in [0.05, 0.1) is 0 Å². The third-order valence-electron chi connectivity index (χ3n) is 1.12. The van der Waals surface area contributed by atoms with E-state index in [1.165, 1.54) is 0 Å². The Morgan fingerprint density at radius 2 is 2.09 bits per heavy atom. The number of amidine groups is 1. The zero-order chi connectivity index (χ0) is 8.48. The van der Waals surface area contributed by atoms with Gasteiger partial charge in [0.15, 0.2) is 5.70 Å². The van der Waals surface area contributed by atoms with Crippen LogP contribution in [0, 0.1) is 6.20 Å². The van der Waals surface area contributed by atoms with Gasteiger partial charge < -0.3 is 0 Å². The van der Waals surface area contributed by atoms with Gasteiger partial charge in [-0.25, -0.2) is 10.3 Å². The van der Waals surface area contributed by atoms with Crippen molar-refractivity contribution >= 4 is 5.84 Å². The summed E-state index contributed by atoms with van der Waals surface area (Å²) in [5.41, 5.74) is -1.03. The average molecular weight is 162 g/mol. The van der Waals surface area contributed by atoms with Crippen LogP contribution < -0.4 is 5.32 Å². The number of aliphatic imine (C=N–C) groups is 1. The molecule has 0 saturated carbocycles. The summed E-state index contributed by atoms with van der Waals surface area (Å²) < 4.78 is 35.4. The maximum Gasteiger partial charge on any atom is 0.435 e. The van der Waals surface area contributed by atoms with E-state index < -0.39 is 11.9 Å². The van der Waals surface area contributed by atoms with E-state index in [4.69, 9.17) is 0 Å². The van der Waals surface area contributed by atoms with Crippen molar-refractivity contribution in [3.8, 4) is 0 Å². The molecule has 0 N–H and O–H groups in total. The molecule has 0 fully saturated rings. The Morgan fingerprint density at radius 3 is 2.36 bits per heavy atom. The monoisotopic (exact) mass is 162 g/mol. The smallest absolute Gasteiger partial charge is 0.229 e. The van der Waals surface area contributed by atoms with Crippen molar-refractivity contribution in [2.45, 2.75) is 19.5 Å². The summed E-state index contributed by atoms with van der Waals surface area (Å²) in [4.78, 5) is 3.21. The summed E-state index contributed by atoms with van der Waals surface area (Å²) in [5, 5.41) is 3.35. The molecule has 0 spiro atoms. The van der Waals surface area contributed by atoms with Gasteiger partial charge in [0.25, 0.3) is 0 Å². The molecule has 0 aromatic heterocycles. The van der Waals surface area contributed by atoms with Crippen molar-refractivity contribution in [1.82, 2.24) is 5.32 Å². The van der Waals surface area contributed by atoms with E-state index in [2.05, 4.69) is 10.3 Å². The van der Waals surface area contributed by atoms with Crippen molar-refractivity contribution < 1.29 is 13.2 Å². The molecule has 2 radical (unpaired) electrons. The third kappa shape index (κ3) is 1.72. The first kappa shape index (κ1) is 8.10. The Hall–Kier alpha value is -1.00. The first-order valence-electron chi connectivity index (χ1n) is 3.02. The van der Waals surface area contributed by atoms with Crippen LogP contribution in [0.15, 0.2) is 10.7 Å². The van der Waals surface area contributed by atoms with Crippen LogP contribution in [0.5, 0.6) is 0 Å². The molecule has 0 saturated heterocycles. The largest absolute Gasteiger partial charge is 0.435 e. The molecular weight excluding hydrogens is 157 g/mol. The molecule has 0 atom stereocenters. The molecule has 2 nitrogen and oxygen atoms in total. The van der Waals surface area contributed by atoms with Crippen LogP contribution in [0.4, 0.5) is 13.2 Å². The molecule has 0 amide bonds. The molecule has 60 valence electrons. The Bertz CT molecular complexity index is 214. The van der Waals surface area contributed by atoms with Gasteiger partial charge >= 0.3 is 6.18 Å². The summed E-state index contributed by atoms with van der Waals surface area (Å²) in [6, 6.07) is 0. The van der Waals surface area contributed by atoms with Gasteiger partial charge in [0.1, 0.15) is 12.0 Å². The number of halogens is 3. The fraction of sp³-hybridized carbons (Fsp3) is 0.500. The molecule has 5 heteroatoms. The van der Waals surface area contributed by atoms with Gasteiger partial charge in [0.2, 0.25) is 0 Å². The second kappa shape index (κ2) is 2.56. The molecule has 0 aromatic carbocycles. The summed E-state index contributed by atoms with van der Waals surface area (Å²) in [5.74, 6) is 0.178. The van der Waals surface area contributed by atoms with Crippen molar-refractivity contribution in [3.05, 3.63) is 11.9 Å². The number of hydrogen-bond donors (Lipinski definition) is 0. The van der Waals surface area contributed by atoms with E-state index in [1.54, 1.807) is 6.92 Å².